The zero-order chi connectivity index (χ0) is 31.4. The van der Waals surface area contributed by atoms with E-state index in [0.29, 0.717) is 12.2 Å². The normalized spacial score (nSPS) is 15.7. The Morgan fingerprint density at radius 3 is 2.39 bits per heavy atom. The maximum atomic E-state index is 13.8. The molecular weight excluding hydrogens is 583 g/mol. The molecule has 0 unspecified atom stereocenters. The van der Waals surface area contributed by atoms with Crippen LogP contribution in [0.2, 0.25) is 0 Å². The zero-order valence-electron chi connectivity index (χ0n) is 25.0. The number of amides is 3. The van der Waals surface area contributed by atoms with Crippen LogP contribution >= 0.6 is 0 Å². The number of H-pyrrole nitrogens is 1. The van der Waals surface area contributed by atoms with Gasteiger partial charge in [0.15, 0.2) is 0 Å². The van der Waals surface area contributed by atoms with Gasteiger partial charge in [0.05, 0.1) is 4.90 Å². The zero-order valence-corrected chi connectivity index (χ0v) is 25.8. The van der Waals surface area contributed by atoms with Crippen LogP contribution < -0.4 is 10.6 Å². The highest BCUT2D eigenvalue weighted by molar-refractivity contribution is 7.89. The van der Waals surface area contributed by atoms with Gasteiger partial charge in [-0.15, -0.1) is 0 Å². The van der Waals surface area contributed by atoms with E-state index >= 15 is 0 Å². The molecule has 2 atom stereocenters. The molecule has 44 heavy (non-hydrogen) atoms. The van der Waals surface area contributed by atoms with Gasteiger partial charge in [-0.2, -0.15) is 4.31 Å². The number of hydrogen-bond acceptors (Lipinski definition) is 5. The third-order valence-corrected chi connectivity index (χ3v) is 9.76. The molecule has 232 valence electrons. The minimum atomic E-state index is -3.84. The molecule has 0 saturated carbocycles. The maximum Gasteiger partial charge on any atom is 0.318 e. The first-order chi connectivity index (χ1) is 21.0. The van der Waals surface area contributed by atoms with Gasteiger partial charge in [0.2, 0.25) is 15.9 Å². The van der Waals surface area contributed by atoms with Gasteiger partial charge in [-0.1, -0.05) is 37.3 Å². The van der Waals surface area contributed by atoms with Crippen LogP contribution in [0.3, 0.4) is 0 Å². The Morgan fingerprint density at radius 2 is 1.68 bits per heavy atom. The van der Waals surface area contributed by atoms with Crippen LogP contribution in [-0.2, 0) is 21.4 Å². The average Bonchev–Trinajstić information content (AvgIpc) is 3.44. The van der Waals surface area contributed by atoms with Crippen molar-refractivity contribution in [3.05, 3.63) is 95.9 Å². The number of urea groups is 1. The number of para-hydroxylation sites is 1. The number of halogens is 1. The number of piperazine rings is 1. The molecule has 1 aliphatic heterocycles. The van der Waals surface area contributed by atoms with Crippen LogP contribution in [0.15, 0.2) is 83.9 Å². The second-order valence-corrected chi connectivity index (χ2v) is 13.2. The molecule has 4 aromatic rings. The highest BCUT2D eigenvalue weighted by Crippen LogP contribution is 2.29. The fourth-order valence-corrected chi connectivity index (χ4v) is 6.93. The van der Waals surface area contributed by atoms with Crippen LogP contribution in [0.1, 0.15) is 24.0 Å². The first-order valence-electron chi connectivity index (χ1n) is 14.4. The second kappa shape index (κ2) is 13.2. The fraction of sp³-hybridized carbons (Fsp3) is 0.312. The Morgan fingerprint density at radius 1 is 0.977 bits per heavy atom. The summed E-state index contributed by atoms with van der Waals surface area (Å²) in [5.74, 6) is -1.29. The highest BCUT2D eigenvalue weighted by atomic mass is 32.2. The predicted molar refractivity (Wildman–Crippen MR) is 168 cm³/mol. The summed E-state index contributed by atoms with van der Waals surface area (Å²) in [6, 6.07) is 18.7. The molecule has 5 rings (SSSR count). The van der Waals surface area contributed by atoms with Crippen LogP contribution in [0.25, 0.3) is 10.9 Å². The molecule has 2 heterocycles. The van der Waals surface area contributed by atoms with Crippen molar-refractivity contribution in [3.8, 4) is 0 Å². The lowest BCUT2D eigenvalue weighted by atomic mass is 9.92. The number of hydrogen-bond donors (Lipinski definition) is 3. The lowest BCUT2D eigenvalue weighted by molar-refractivity contribution is -0.118. The van der Waals surface area contributed by atoms with Gasteiger partial charge < -0.3 is 25.4 Å². The largest absolute Gasteiger partial charge is 0.361 e. The molecule has 3 aromatic carbocycles. The van der Waals surface area contributed by atoms with E-state index in [1.54, 1.807) is 0 Å². The molecule has 0 aliphatic carbocycles. The monoisotopic (exact) mass is 620 g/mol. The number of carbonyl (C=O) groups excluding carboxylic acids is 2. The Hall–Kier alpha value is -4.26. The lowest BCUT2D eigenvalue weighted by Crippen LogP contribution is -2.56. The maximum absolute atomic E-state index is 13.8. The van der Waals surface area contributed by atoms with E-state index in [4.69, 9.17) is 0 Å². The summed E-state index contributed by atoms with van der Waals surface area (Å²) >= 11 is 0. The Labute approximate surface area is 256 Å². The van der Waals surface area contributed by atoms with Gasteiger partial charge in [0, 0.05) is 61.4 Å². The molecular formula is C32H37FN6O4S. The van der Waals surface area contributed by atoms with Gasteiger partial charge in [-0.3, -0.25) is 4.79 Å². The first kappa shape index (κ1) is 31.2. The molecule has 1 fully saturated rings. The van der Waals surface area contributed by atoms with Gasteiger partial charge in [0.1, 0.15) is 11.9 Å². The molecule has 10 nitrogen and oxygen atoms in total. The summed E-state index contributed by atoms with van der Waals surface area (Å²) in [5.41, 5.74) is 3.47. The average molecular weight is 621 g/mol. The molecule has 0 radical (unpaired) electrons. The minimum Gasteiger partial charge on any atom is -0.361 e. The van der Waals surface area contributed by atoms with Crippen molar-refractivity contribution in [2.45, 2.75) is 30.3 Å². The van der Waals surface area contributed by atoms with Crippen molar-refractivity contribution in [1.29, 1.82) is 0 Å². The summed E-state index contributed by atoms with van der Waals surface area (Å²) in [6.45, 7) is 3.01. The number of benzene rings is 3. The molecule has 12 heteroatoms. The number of nitrogens with one attached hydrogen (secondary N) is 3. The van der Waals surface area contributed by atoms with Gasteiger partial charge in [-0.05, 0) is 67.7 Å². The lowest BCUT2D eigenvalue weighted by Gasteiger charge is -2.35. The summed E-state index contributed by atoms with van der Waals surface area (Å²) in [7, 11) is 0.103. The van der Waals surface area contributed by atoms with E-state index in [9.17, 15) is 22.4 Å². The summed E-state index contributed by atoms with van der Waals surface area (Å²) in [6.07, 6.45) is 1.86. The fourth-order valence-electron chi connectivity index (χ4n) is 5.51. The number of aromatic nitrogens is 1. The van der Waals surface area contributed by atoms with Crippen molar-refractivity contribution in [2.75, 3.05) is 45.6 Å². The van der Waals surface area contributed by atoms with E-state index in [1.807, 2.05) is 80.6 Å². The molecule has 0 bridgehead atoms. The van der Waals surface area contributed by atoms with Gasteiger partial charge in [-0.25, -0.2) is 17.6 Å². The van der Waals surface area contributed by atoms with E-state index in [-0.39, 0.29) is 37.0 Å². The summed E-state index contributed by atoms with van der Waals surface area (Å²) in [5, 5.41) is 6.89. The van der Waals surface area contributed by atoms with Crippen molar-refractivity contribution >= 4 is 38.6 Å². The summed E-state index contributed by atoms with van der Waals surface area (Å²) in [4.78, 5) is 34.2. The van der Waals surface area contributed by atoms with Crippen LogP contribution in [0, 0.1) is 5.82 Å². The number of fused-ring (bicyclic) bond motifs is 1. The van der Waals surface area contributed by atoms with Crippen LogP contribution in [-0.4, -0.2) is 85.8 Å². The summed E-state index contributed by atoms with van der Waals surface area (Å²) < 4.78 is 40.7. The molecule has 0 spiro atoms. The second-order valence-electron chi connectivity index (χ2n) is 11.3. The molecule has 3 N–H and O–H groups in total. The van der Waals surface area contributed by atoms with Crippen molar-refractivity contribution < 1.29 is 22.4 Å². The van der Waals surface area contributed by atoms with E-state index in [2.05, 4.69) is 15.6 Å². The number of rotatable bonds is 9. The molecule has 3 amide bonds. The van der Waals surface area contributed by atoms with Crippen molar-refractivity contribution in [1.82, 2.24) is 24.4 Å². The number of nitrogens with zero attached hydrogens (tertiary/aromatic N) is 3. The van der Waals surface area contributed by atoms with Crippen molar-refractivity contribution in [3.63, 3.8) is 0 Å². The third-order valence-electron chi connectivity index (χ3n) is 7.84. The Kier molecular flexibility index (Phi) is 9.33. The van der Waals surface area contributed by atoms with Crippen LogP contribution in [0.5, 0.6) is 0 Å². The quantitative estimate of drug-likeness (QED) is 0.259. The van der Waals surface area contributed by atoms with E-state index < -0.39 is 33.8 Å². The number of aromatic amines is 1. The topological polar surface area (TPSA) is 118 Å². The highest BCUT2D eigenvalue weighted by Gasteiger charge is 2.34. The SMILES string of the molecule is C[C@H](c1c[nH]c2ccccc12)[C@@H](NC(=O)N1CCN(S(=O)(=O)c2ccc(F)cc2)CC1)C(=O)Nc1cccc(CN(C)C)c1. The standard InChI is InChI=1S/C32H37FN6O4S/c1-22(28-20-34-29-10-5-4-9-27(28)29)30(31(40)35-25-8-6-7-23(19-25)21-37(2)3)36-32(41)38-15-17-39(18-16-38)44(42,43)26-13-11-24(33)12-14-26/h4-14,19-20,22,30,34H,15-18,21H2,1-3H3,(H,35,40)(H,36,41)/t22-,30-/m1/s1. The third kappa shape index (κ3) is 6.93. The smallest absolute Gasteiger partial charge is 0.318 e. The predicted octanol–water partition coefficient (Wildman–Crippen LogP) is 4.20. The molecule has 1 aliphatic rings. The Bertz CT molecular complexity index is 1730. The molecule has 1 saturated heterocycles. The minimum absolute atomic E-state index is 0.00394. The van der Waals surface area contributed by atoms with Gasteiger partial charge >= 0.3 is 6.03 Å². The van der Waals surface area contributed by atoms with Crippen molar-refractivity contribution in [2.24, 2.45) is 0 Å². The number of sulfonamides is 1. The first-order valence-corrected chi connectivity index (χ1v) is 15.9. The number of anilines is 1. The molecule has 1 aromatic heterocycles. The van der Waals surface area contributed by atoms with E-state index in [0.717, 1.165) is 34.2 Å². The van der Waals surface area contributed by atoms with Crippen LogP contribution in [0.4, 0.5) is 14.9 Å². The van der Waals surface area contributed by atoms with E-state index in [1.165, 1.54) is 21.3 Å². The number of carbonyl (C=O) groups is 2. The Balaban J connectivity index is 1.33. The van der Waals surface area contributed by atoms with Gasteiger partial charge in [0.25, 0.3) is 0 Å².